The summed E-state index contributed by atoms with van der Waals surface area (Å²) in [5, 5.41) is 3.51. The fraction of sp³-hybridized carbons (Fsp3) is 0.0600. The predicted octanol–water partition coefficient (Wildman–Crippen LogP) is 8.34. The second-order valence-electron chi connectivity index (χ2n) is 16.0. The summed E-state index contributed by atoms with van der Waals surface area (Å²) < 4.78 is 7.40. The Hall–Kier alpha value is -7.65. The lowest BCUT2D eigenvalue weighted by Crippen LogP contribution is -2.59. The van der Waals surface area contributed by atoms with E-state index in [2.05, 4.69) is 135 Å². The van der Waals surface area contributed by atoms with Gasteiger partial charge in [0.2, 0.25) is 0 Å². The summed E-state index contributed by atoms with van der Waals surface area (Å²) in [6.07, 6.45) is 15.4. The molecule has 1 unspecified atom stereocenters. The fourth-order valence-electron chi connectivity index (χ4n) is 10.9. The molecule has 1 atom stereocenters. The van der Waals surface area contributed by atoms with Gasteiger partial charge in [-0.1, -0.05) is 91.0 Å². The molecule has 274 valence electrons. The molecule has 0 radical (unpaired) electrons. The maximum Gasteiger partial charge on any atom is 0.252 e. The van der Waals surface area contributed by atoms with Crippen LogP contribution in [-0.4, -0.2) is 46.6 Å². The van der Waals surface area contributed by atoms with Crippen molar-refractivity contribution in [3.63, 3.8) is 0 Å². The molecule has 0 spiro atoms. The Morgan fingerprint density at radius 3 is 2.19 bits per heavy atom. The quantitative estimate of drug-likeness (QED) is 0.170. The van der Waals surface area contributed by atoms with E-state index in [1.165, 1.54) is 55.2 Å². The van der Waals surface area contributed by atoms with Gasteiger partial charge in [0, 0.05) is 87.1 Å². The van der Waals surface area contributed by atoms with E-state index in [9.17, 15) is 0 Å². The van der Waals surface area contributed by atoms with E-state index in [1.54, 1.807) is 6.20 Å². The summed E-state index contributed by atoms with van der Waals surface area (Å²) in [6, 6.07) is 42.0. The lowest BCUT2D eigenvalue weighted by atomic mass is 9.34. The Kier molecular flexibility index (Phi) is 6.12. The van der Waals surface area contributed by atoms with Crippen molar-refractivity contribution < 1.29 is 0 Å². The molecule has 0 fully saturated rings. The highest BCUT2D eigenvalue weighted by Gasteiger charge is 2.45. The molecule has 5 aromatic carbocycles. The van der Waals surface area contributed by atoms with Gasteiger partial charge in [-0.25, -0.2) is 15.0 Å². The minimum Gasteiger partial charge on any atom is -0.313 e. The molecule has 4 aliphatic rings. The molecule has 5 aromatic heterocycles. The van der Waals surface area contributed by atoms with Crippen LogP contribution in [0.5, 0.6) is 0 Å². The normalized spacial score (nSPS) is 15.9. The molecule has 0 saturated carbocycles. The molecular formula is C50H31BN8. The van der Waals surface area contributed by atoms with Crippen molar-refractivity contribution >= 4 is 79.0 Å². The van der Waals surface area contributed by atoms with Crippen molar-refractivity contribution in [2.24, 2.45) is 4.99 Å². The molecule has 0 bridgehead atoms. The third-order valence-corrected chi connectivity index (χ3v) is 13.1. The number of hydrogen-bond acceptors (Lipinski definition) is 5. The van der Waals surface area contributed by atoms with Gasteiger partial charge in [-0.05, 0) is 76.8 Å². The Labute approximate surface area is 338 Å². The zero-order valence-electron chi connectivity index (χ0n) is 31.7. The second kappa shape index (κ2) is 11.5. The number of benzene rings is 5. The van der Waals surface area contributed by atoms with Crippen molar-refractivity contribution in [2.45, 2.75) is 18.8 Å². The van der Waals surface area contributed by atoms with E-state index in [4.69, 9.17) is 24.9 Å². The third-order valence-electron chi connectivity index (χ3n) is 13.1. The van der Waals surface area contributed by atoms with Crippen LogP contribution in [0.2, 0.25) is 0 Å². The van der Waals surface area contributed by atoms with Gasteiger partial charge in [-0.15, -0.1) is 0 Å². The van der Waals surface area contributed by atoms with E-state index >= 15 is 0 Å². The smallest absolute Gasteiger partial charge is 0.252 e. The molecule has 3 aliphatic heterocycles. The van der Waals surface area contributed by atoms with Crippen LogP contribution in [0.3, 0.4) is 0 Å². The lowest BCUT2D eigenvalue weighted by molar-refractivity contribution is 0.724. The minimum absolute atomic E-state index is 0.0287. The molecule has 0 N–H and O–H groups in total. The third kappa shape index (κ3) is 4.01. The summed E-state index contributed by atoms with van der Waals surface area (Å²) in [4.78, 5) is 25.0. The first kappa shape index (κ1) is 31.4. The summed E-state index contributed by atoms with van der Waals surface area (Å²) in [6.45, 7) is -0.0287. The van der Waals surface area contributed by atoms with Crippen LogP contribution in [0.4, 0.5) is 0 Å². The van der Waals surface area contributed by atoms with Crippen molar-refractivity contribution in [1.82, 2.24) is 33.6 Å². The zero-order valence-corrected chi connectivity index (χ0v) is 31.7. The average Bonchev–Trinajstić information content (AvgIpc) is 3.87. The van der Waals surface area contributed by atoms with Gasteiger partial charge in [0.15, 0.2) is 11.5 Å². The van der Waals surface area contributed by atoms with Crippen molar-refractivity contribution in [2.75, 3.05) is 0 Å². The van der Waals surface area contributed by atoms with Crippen molar-refractivity contribution in [3.8, 4) is 28.5 Å². The second-order valence-corrected chi connectivity index (χ2v) is 16.0. The van der Waals surface area contributed by atoms with Crippen LogP contribution in [0.15, 0.2) is 163 Å². The highest BCUT2D eigenvalue weighted by atomic mass is 15.2. The standard InChI is InChI=1S/C50H31BN8/c1-3-12-29(13-4-1)35-26-30-14-7-8-21-52-43(30)40-33-17-9-19-36-45(33)58(47(35)40)38-27-31(48-54-22-11-23-55-48)28-39-42(38)51(36)37-20-10-18-34-41-44-49(56-25-24-53-44)57(32-15-5-2-6-16-32)50(41)59(39)46(34)37/h1-13,15-25,27-28,35H,14,26H2. The first-order chi connectivity index (χ1) is 29.3. The van der Waals surface area contributed by atoms with Gasteiger partial charge in [0.1, 0.15) is 11.2 Å². The highest BCUT2D eigenvalue weighted by molar-refractivity contribution is 7.00. The van der Waals surface area contributed by atoms with Gasteiger partial charge in [-0.2, -0.15) is 0 Å². The Balaban J connectivity index is 1.20. The van der Waals surface area contributed by atoms with E-state index in [-0.39, 0.29) is 12.6 Å². The number of rotatable bonds is 3. The summed E-state index contributed by atoms with van der Waals surface area (Å²) in [7, 11) is 0. The molecule has 0 amide bonds. The zero-order chi connectivity index (χ0) is 38.3. The molecule has 14 rings (SSSR count). The molecule has 59 heavy (non-hydrogen) atoms. The van der Waals surface area contributed by atoms with E-state index in [0.29, 0.717) is 5.82 Å². The first-order valence-corrected chi connectivity index (χ1v) is 20.3. The van der Waals surface area contributed by atoms with Crippen LogP contribution < -0.4 is 16.4 Å². The number of hydrogen-bond donors (Lipinski definition) is 0. The fourth-order valence-corrected chi connectivity index (χ4v) is 10.9. The lowest BCUT2D eigenvalue weighted by Gasteiger charge is -2.35. The molecule has 10 aromatic rings. The van der Waals surface area contributed by atoms with Gasteiger partial charge in [0.05, 0.1) is 16.6 Å². The van der Waals surface area contributed by atoms with Crippen LogP contribution in [0.25, 0.3) is 78.2 Å². The van der Waals surface area contributed by atoms with E-state index in [1.807, 2.05) is 30.9 Å². The van der Waals surface area contributed by atoms with Gasteiger partial charge < -0.3 is 4.57 Å². The number of aromatic nitrogens is 7. The summed E-state index contributed by atoms with van der Waals surface area (Å²) >= 11 is 0. The van der Waals surface area contributed by atoms with E-state index < -0.39 is 0 Å². The topological polar surface area (TPSA) is 78.7 Å². The summed E-state index contributed by atoms with van der Waals surface area (Å²) in [5.74, 6) is 0.808. The molecular weight excluding hydrogens is 723 g/mol. The maximum atomic E-state index is 5.22. The Bertz CT molecular complexity index is 3560. The Morgan fingerprint density at radius 1 is 0.644 bits per heavy atom. The SMILES string of the molecule is C1=CCC2=C(N=C1)c1c(n3c4c(cccc14)B1c4c-3cc(-c3ncccn3)cc4-n3c4c1cccc4c1c4nccnc4n(-c4ccccc4)c13)C(c1ccccc1)C2. The number of aliphatic imine (C=N–C) groups is 1. The number of allylic oxidation sites excluding steroid dienone is 3. The molecule has 0 saturated heterocycles. The van der Waals surface area contributed by atoms with Crippen LogP contribution in [-0.2, 0) is 0 Å². The highest BCUT2D eigenvalue weighted by Crippen LogP contribution is 2.51. The van der Waals surface area contributed by atoms with E-state index in [0.717, 1.165) is 68.7 Å². The van der Waals surface area contributed by atoms with Crippen LogP contribution in [0.1, 0.15) is 35.6 Å². The number of fused-ring (bicyclic) bond motifs is 13. The maximum absolute atomic E-state index is 5.22. The molecule has 9 heteroatoms. The molecule has 8 heterocycles. The van der Waals surface area contributed by atoms with Gasteiger partial charge in [-0.3, -0.25) is 19.1 Å². The Morgan fingerprint density at radius 2 is 1.37 bits per heavy atom. The molecule has 1 aliphatic carbocycles. The molecule has 8 nitrogen and oxygen atoms in total. The monoisotopic (exact) mass is 754 g/mol. The minimum atomic E-state index is -0.0287. The van der Waals surface area contributed by atoms with Crippen LogP contribution >= 0.6 is 0 Å². The predicted molar refractivity (Wildman–Crippen MR) is 238 cm³/mol. The number of para-hydroxylation sites is 3. The van der Waals surface area contributed by atoms with Gasteiger partial charge >= 0.3 is 0 Å². The largest absolute Gasteiger partial charge is 0.313 e. The van der Waals surface area contributed by atoms with Crippen molar-refractivity contribution in [3.05, 3.63) is 175 Å². The average molecular weight is 755 g/mol. The van der Waals surface area contributed by atoms with Crippen molar-refractivity contribution in [1.29, 1.82) is 0 Å². The number of nitrogens with zero attached hydrogens (tertiary/aromatic N) is 8. The summed E-state index contributed by atoms with van der Waals surface area (Å²) in [5.41, 5.74) is 19.7. The first-order valence-electron chi connectivity index (χ1n) is 20.3. The van der Waals surface area contributed by atoms with Gasteiger partial charge in [0.25, 0.3) is 6.71 Å². The van der Waals surface area contributed by atoms with Crippen LogP contribution in [0, 0.1) is 0 Å².